The molecule has 29 heavy (non-hydrogen) atoms. The average molecular weight is 443 g/mol. The minimum absolute atomic E-state index is 0.124. The van der Waals surface area contributed by atoms with Gasteiger partial charge in [-0.1, -0.05) is 73.4 Å². The molecule has 0 N–H and O–H groups in total. The molecule has 0 unspecified atom stereocenters. The Morgan fingerprint density at radius 3 is 2.38 bits per heavy atom. The van der Waals surface area contributed by atoms with Gasteiger partial charge in [0, 0.05) is 21.5 Å². The highest BCUT2D eigenvalue weighted by atomic mass is 35.5. The van der Waals surface area contributed by atoms with Gasteiger partial charge < -0.3 is 4.52 Å². The number of rotatable bonds is 3. The van der Waals surface area contributed by atoms with Crippen LogP contribution in [0.1, 0.15) is 32.1 Å². The van der Waals surface area contributed by atoms with Crippen molar-refractivity contribution in [1.29, 1.82) is 0 Å². The standard InChI is InChI=1S/C23H20Cl2N2OS/c1-13-20(21(27-28-13)17-10-9-16(24)11-18(17)25)19-12-29-22(26-19)14-5-7-15(8-6-14)23(2,3)4/h5-12H,1-4H3. The SMILES string of the molecule is Cc1onc(-c2ccc(Cl)cc2Cl)c1-c1csc(-c2ccc(C(C)(C)C)cc2)n1. The molecule has 0 aliphatic rings. The second-order valence-electron chi connectivity index (χ2n) is 7.95. The normalized spacial score (nSPS) is 11.8. The molecule has 0 fully saturated rings. The Labute approximate surface area is 184 Å². The molecular formula is C23H20Cl2N2OS. The molecule has 2 aromatic carbocycles. The Balaban J connectivity index is 1.73. The molecule has 3 nitrogen and oxygen atoms in total. The molecule has 0 atom stereocenters. The number of nitrogens with zero attached hydrogens (tertiary/aromatic N) is 2. The van der Waals surface area contributed by atoms with E-state index in [1.165, 1.54) is 5.56 Å². The predicted octanol–water partition coefficient (Wildman–Crippen LogP) is 8.04. The van der Waals surface area contributed by atoms with Gasteiger partial charge in [-0.25, -0.2) is 4.98 Å². The molecular weight excluding hydrogens is 423 g/mol. The summed E-state index contributed by atoms with van der Waals surface area (Å²) in [7, 11) is 0. The lowest BCUT2D eigenvalue weighted by molar-refractivity contribution is 0.400. The average Bonchev–Trinajstić information content (AvgIpc) is 3.28. The van der Waals surface area contributed by atoms with Crippen LogP contribution in [0, 0.1) is 6.92 Å². The van der Waals surface area contributed by atoms with Crippen LogP contribution in [0.4, 0.5) is 0 Å². The molecule has 0 radical (unpaired) electrons. The van der Waals surface area contributed by atoms with Crippen LogP contribution in [0.5, 0.6) is 0 Å². The fourth-order valence-electron chi connectivity index (χ4n) is 3.17. The van der Waals surface area contributed by atoms with E-state index in [1.807, 2.05) is 18.4 Å². The lowest BCUT2D eigenvalue weighted by Gasteiger charge is -2.18. The molecule has 4 aromatic rings. The Kier molecular flexibility index (Phi) is 5.28. The molecule has 0 bridgehead atoms. The quantitative estimate of drug-likeness (QED) is 0.322. The Morgan fingerprint density at radius 1 is 1.00 bits per heavy atom. The van der Waals surface area contributed by atoms with Crippen LogP contribution in [0.3, 0.4) is 0 Å². The molecule has 0 spiro atoms. The van der Waals surface area contributed by atoms with Crippen LogP contribution in [0.15, 0.2) is 52.4 Å². The first kappa shape index (κ1) is 20.1. The summed E-state index contributed by atoms with van der Waals surface area (Å²) in [6, 6.07) is 13.9. The first-order valence-electron chi connectivity index (χ1n) is 9.22. The second-order valence-corrected chi connectivity index (χ2v) is 9.65. The molecule has 2 heterocycles. The Morgan fingerprint density at radius 2 is 1.72 bits per heavy atom. The summed E-state index contributed by atoms with van der Waals surface area (Å²) in [5.41, 5.74) is 5.63. The zero-order valence-electron chi connectivity index (χ0n) is 16.6. The zero-order valence-corrected chi connectivity index (χ0v) is 18.9. The van der Waals surface area contributed by atoms with E-state index in [0.29, 0.717) is 21.5 Å². The van der Waals surface area contributed by atoms with Crippen LogP contribution >= 0.6 is 34.5 Å². The van der Waals surface area contributed by atoms with Gasteiger partial charge >= 0.3 is 0 Å². The molecule has 4 rings (SSSR count). The number of aryl methyl sites for hydroxylation is 1. The third kappa shape index (κ3) is 3.97. The van der Waals surface area contributed by atoms with Crippen LogP contribution in [-0.2, 0) is 5.41 Å². The van der Waals surface area contributed by atoms with Gasteiger partial charge in [0.1, 0.15) is 16.5 Å². The van der Waals surface area contributed by atoms with E-state index >= 15 is 0 Å². The van der Waals surface area contributed by atoms with E-state index in [0.717, 1.165) is 27.4 Å². The summed E-state index contributed by atoms with van der Waals surface area (Å²) in [5, 5.41) is 8.32. The number of hydrogen-bond acceptors (Lipinski definition) is 4. The number of halogens is 2. The monoisotopic (exact) mass is 442 g/mol. The molecule has 0 amide bonds. The van der Waals surface area contributed by atoms with E-state index in [4.69, 9.17) is 32.7 Å². The van der Waals surface area contributed by atoms with Crippen molar-refractivity contribution in [2.24, 2.45) is 0 Å². The van der Waals surface area contributed by atoms with E-state index in [9.17, 15) is 0 Å². The van der Waals surface area contributed by atoms with E-state index < -0.39 is 0 Å². The minimum Gasteiger partial charge on any atom is -0.360 e. The van der Waals surface area contributed by atoms with Gasteiger partial charge in [-0.15, -0.1) is 11.3 Å². The number of thiazole rings is 1. The van der Waals surface area contributed by atoms with Crippen molar-refractivity contribution in [2.45, 2.75) is 33.1 Å². The lowest BCUT2D eigenvalue weighted by atomic mass is 9.87. The first-order valence-corrected chi connectivity index (χ1v) is 10.9. The van der Waals surface area contributed by atoms with Gasteiger partial charge in [0.2, 0.25) is 0 Å². The zero-order chi connectivity index (χ0) is 20.8. The summed E-state index contributed by atoms with van der Waals surface area (Å²) in [5.74, 6) is 0.700. The summed E-state index contributed by atoms with van der Waals surface area (Å²) in [6.45, 7) is 8.51. The van der Waals surface area contributed by atoms with Gasteiger partial charge in [-0.3, -0.25) is 0 Å². The molecule has 0 aliphatic carbocycles. The lowest BCUT2D eigenvalue weighted by Crippen LogP contribution is -2.10. The van der Waals surface area contributed by atoms with Crippen LogP contribution < -0.4 is 0 Å². The topological polar surface area (TPSA) is 38.9 Å². The Hall–Kier alpha value is -2.14. The highest BCUT2D eigenvalue weighted by molar-refractivity contribution is 7.13. The van der Waals surface area contributed by atoms with Crippen molar-refractivity contribution in [3.63, 3.8) is 0 Å². The van der Waals surface area contributed by atoms with Gasteiger partial charge in [-0.05, 0) is 36.1 Å². The first-order chi connectivity index (χ1) is 13.7. The van der Waals surface area contributed by atoms with Gasteiger partial charge in [0.15, 0.2) is 0 Å². The van der Waals surface area contributed by atoms with Crippen molar-refractivity contribution >= 4 is 34.5 Å². The van der Waals surface area contributed by atoms with Crippen molar-refractivity contribution in [3.8, 4) is 33.1 Å². The molecule has 2 aromatic heterocycles. The summed E-state index contributed by atoms with van der Waals surface area (Å²) >= 11 is 14.0. The fraction of sp³-hybridized carbons (Fsp3) is 0.217. The van der Waals surface area contributed by atoms with Crippen molar-refractivity contribution < 1.29 is 4.52 Å². The van der Waals surface area contributed by atoms with E-state index in [1.54, 1.807) is 23.5 Å². The Bertz CT molecular complexity index is 1170. The number of benzene rings is 2. The number of hydrogen-bond donors (Lipinski definition) is 0. The highest BCUT2D eigenvalue weighted by Crippen LogP contribution is 2.40. The smallest absolute Gasteiger partial charge is 0.143 e. The minimum atomic E-state index is 0.124. The summed E-state index contributed by atoms with van der Waals surface area (Å²) < 4.78 is 5.48. The van der Waals surface area contributed by atoms with Crippen molar-refractivity contribution in [1.82, 2.24) is 10.1 Å². The van der Waals surface area contributed by atoms with Crippen LogP contribution in [0.25, 0.3) is 33.1 Å². The maximum absolute atomic E-state index is 6.40. The predicted molar refractivity (Wildman–Crippen MR) is 122 cm³/mol. The third-order valence-corrected chi connectivity index (χ3v) is 6.25. The van der Waals surface area contributed by atoms with Crippen molar-refractivity contribution in [3.05, 3.63) is 69.2 Å². The fourth-order valence-corrected chi connectivity index (χ4v) is 4.49. The van der Waals surface area contributed by atoms with Crippen LogP contribution in [0.2, 0.25) is 10.0 Å². The number of aromatic nitrogens is 2. The second kappa shape index (κ2) is 7.60. The highest BCUT2D eigenvalue weighted by Gasteiger charge is 2.21. The molecule has 0 aliphatic heterocycles. The third-order valence-electron chi connectivity index (χ3n) is 4.81. The molecule has 6 heteroatoms. The van der Waals surface area contributed by atoms with E-state index in [-0.39, 0.29) is 5.41 Å². The van der Waals surface area contributed by atoms with Crippen molar-refractivity contribution in [2.75, 3.05) is 0 Å². The summed E-state index contributed by atoms with van der Waals surface area (Å²) in [4.78, 5) is 4.86. The molecule has 0 saturated heterocycles. The molecule has 0 saturated carbocycles. The molecule has 148 valence electrons. The largest absolute Gasteiger partial charge is 0.360 e. The van der Waals surface area contributed by atoms with Gasteiger partial charge in [-0.2, -0.15) is 0 Å². The van der Waals surface area contributed by atoms with Gasteiger partial charge in [0.25, 0.3) is 0 Å². The maximum atomic E-state index is 6.40. The van der Waals surface area contributed by atoms with Crippen LogP contribution in [-0.4, -0.2) is 10.1 Å². The van der Waals surface area contributed by atoms with Gasteiger partial charge in [0.05, 0.1) is 16.3 Å². The maximum Gasteiger partial charge on any atom is 0.143 e. The summed E-state index contributed by atoms with van der Waals surface area (Å²) in [6.07, 6.45) is 0. The van der Waals surface area contributed by atoms with E-state index in [2.05, 4.69) is 50.2 Å².